The minimum absolute atomic E-state index is 0.0496. The third-order valence-corrected chi connectivity index (χ3v) is 7.61. The quantitative estimate of drug-likeness (QED) is 0.304. The van der Waals surface area contributed by atoms with E-state index < -0.39 is 5.41 Å². The second-order valence-electron chi connectivity index (χ2n) is 8.65. The fourth-order valence-corrected chi connectivity index (χ4v) is 5.76. The fraction of sp³-hybridized carbons (Fsp3) is 0.308. The summed E-state index contributed by atoms with van der Waals surface area (Å²) in [5.41, 5.74) is 5.37. The number of carbonyl (C=O) groups excluding carboxylic acids is 1. The maximum atomic E-state index is 15.2. The maximum Gasteiger partial charge on any atom is 0.246 e. The number of halogens is 1. The molecule has 1 aromatic carbocycles. The second kappa shape index (κ2) is 9.00. The minimum Gasteiger partial charge on any atom is -0.333 e. The van der Waals surface area contributed by atoms with Crippen molar-refractivity contribution in [3.63, 3.8) is 0 Å². The first-order valence-electron chi connectivity index (χ1n) is 11.0. The molecule has 0 saturated heterocycles. The zero-order chi connectivity index (χ0) is 23.9. The van der Waals surface area contributed by atoms with Gasteiger partial charge in [0.05, 0.1) is 6.54 Å². The first kappa shape index (κ1) is 23.6. The van der Waals surface area contributed by atoms with E-state index >= 15 is 4.39 Å². The largest absolute Gasteiger partial charge is 0.333 e. The summed E-state index contributed by atoms with van der Waals surface area (Å²) < 4.78 is 16.9. The summed E-state index contributed by atoms with van der Waals surface area (Å²) in [4.78, 5) is 16.7. The van der Waals surface area contributed by atoms with Gasteiger partial charge >= 0.3 is 0 Å². The lowest BCUT2D eigenvalue weighted by molar-refractivity contribution is -0.127. The molecule has 0 N–H and O–H groups in total. The number of amides is 1. The Bertz CT molecular complexity index is 1240. The maximum absolute atomic E-state index is 15.2. The Morgan fingerprint density at radius 2 is 2.09 bits per heavy atom. The highest BCUT2D eigenvalue weighted by Crippen LogP contribution is 2.45. The van der Waals surface area contributed by atoms with Crippen LogP contribution >= 0.6 is 20.6 Å². The van der Waals surface area contributed by atoms with Crippen molar-refractivity contribution in [3.8, 4) is 11.1 Å². The summed E-state index contributed by atoms with van der Waals surface area (Å²) in [5, 5.41) is 2.86. The molecule has 33 heavy (non-hydrogen) atoms. The standard InChI is InChI=1S/C26H29FN3OPS/c1-6-24(31)29-13-20(19-12-22(16(3)4)33-23(19)15-29)17-10-8-9-11-18(17)21-14-30(7-2)28-25(21)26(5,27)32/h6,8-12,14,20H,1,3,7,13,15,32H2,2,4-5H3/t20-,26?/m0/s1. The molecule has 0 radical (unpaired) electrons. The number of aromatic nitrogens is 2. The van der Waals surface area contributed by atoms with Gasteiger partial charge in [0, 0.05) is 40.5 Å². The van der Waals surface area contributed by atoms with Crippen LogP contribution in [0.1, 0.15) is 53.3 Å². The lowest BCUT2D eigenvalue weighted by atomic mass is 9.83. The van der Waals surface area contributed by atoms with E-state index in [2.05, 4.69) is 39.6 Å². The molecular formula is C26H29FN3OPS. The number of rotatable bonds is 6. The van der Waals surface area contributed by atoms with Gasteiger partial charge in [-0.15, -0.1) is 11.3 Å². The number of fused-ring (bicyclic) bond motifs is 1. The Morgan fingerprint density at radius 3 is 2.73 bits per heavy atom. The van der Waals surface area contributed by atoms with Gasteiger partial charge in [-0.25, -0.2) is 4.39 Å². The molecule has 4 rings (SSSR count). The monoisotopic (exact) mass is 481 g/mol. The van der Waals surface area contributed by atoms with Crippen molar-refractivity contribution in [1.29, 1.82) is 0 Å². The van der Waals surface area contributed by atoms with E-state index in [1.54, 1.807) is 16.0 Å². The normalized spacial score (nSPS) is 17.4. The summed E-state index contributed by atoms with van der Waals surface area (Å²) in [7, 11) is 2.27. The number of aryl methyl sites for hydroxylation is 1. The molecule has 1 aliphatic rings. The van der Waals surface area contributed by atoms with E-state index in [9.17, 15) is 4.79 Å². The van der Waals surface area contributed by atoms with Crippen molar-refractivity contribution in [2.75, 3.05) is 6.54 Å². The van der Waals surface area contributed by atoms with Crippen LogP contribution in [0.4, 0.5) is 4.39 Å². The molecule has 1 aliphatic heterocycles. The van der Waals surface area contributed by atoms with E-state index in [1.165, 1.54) is 18.6 Å². The molecular weight excluding hydrogens is 452 g/mol. The molecule has 0 saturated carbocycles. The summed E-state index contributed by atoms with van der Waals surface area (Å²) >= 11 is 1.68. The van der Waals surface area contributed by atoms with Crippen molar-refractivity contribution in [1.82, 2.24) is 14.7 Å². The second-order valence-corrected chi connectivity index (χ2v) is 10.9. The topological polar surface area (TPSA) is 38.1 Å². The van der Waals surface area contributed by atoms with Crippen molar-refractivity contribution in [2.24, 2.45) is 0 Å². The van der Waals surface area contributed by atoms with E-state index in [0.717, 1.165) is 32.0 Å². The Kier molecular flexibility index (Phi) is 6.43. The zero-order valence-electron chi connectivity index (χ0n) is 19.3. The first-order valence-corrected chi connectivity index (χ1v) is 12.4. The zero-order valence-corrected chi connectivity index (χ0v) is 21.2. The van der Waals surface area contributed by atoms with Crippen LogP contribution in [0.3, 0.4) is 0 Å². The van der Waals surface area contributed by atoms with Crippen molar-refractivity contribution >= 4 is 32.1 Å². The van der Waals surface area contributed by atoms with Gasteiger partial charge in [0.2, 0.25) is 5.91 Å². The Balaban J connectivity index is 1.91. The third-order valence-electron chi connectivity index (χ3n) is 6.04. The Hall–Kier alpha value is -2.56. The third kappa shape index (κ3) is 4.47. The van der Waals surface area contributed by atoms with Crippen LogP contribution in [-0.2, 0) is 23.3 Å². The van der Waals surface area contributed by atoms with Gasteiger partial charge < -0.3 is 4.90 Å². The highest BCUT2D eigenvalue weighted by molar-refractivity contribution is 7.18. The smallest absolute Gasteiger partial charge is 0.246 e. The van der Waals surface area contributed by atoms with Crippen LogP contribution in [-0.4, -0.2) is 27.1 Å². The molecule has 0 bridgehead atoms. The van der Waals surface area contributed by atoms with Gasteiger partial charge in [0.25, 0.3) is 0 Å². The van der Waals surface area contributed by atoms with Gasteiger partial charge in [-0.3, -0.25) is 9.48 Å². The lowest BCUT2D eigenvalue weighted by Gasteiger charge is -2.33. The molecule has 3 heterocycles. The predicted molar refractivity (Wildman–Crippen MR) is 138 cm³/mol. The molecule has 4 nitrogen and oxygen atoms in total. The van der Waals surface area contributed by atoms with Gasteiger partial charge in [0.15, 0.2) is 5.41 Å². The SMILES string of the molecule is C=CC(=O)N1Cc2sc(C(=C)C)cc2[C@H](c2ccccc2-c2cn(CC)nc2C(C)(F)P)C1. The van der Waals surface area contributed by atoms with Crippen LogP contribution in [0.15, 0.2) is 55.8 Å². The number of allylic oxidation sites excluding steroid dienone is 1. The number of alkyl halides is 1. The first-order chi connectivity index (χ1) is 15.6. The van der Waals surface area contributed by atoms with E-state index in [-0.39, 0.29) is 11.8 Å². The number of hydrogen-bond donors (Lipinski definition) is 0. The minimum atomic E-state index is -1.67. The number of hydrogen-bond acceptors (Lipinski definition) is 3. The molecule has 1 amide bonds. The van der Waals surface area contributed by atoms with Crippen molar-refractivity contribution < 1.29 is 9.18 Å². The summed E-state index contributed by atoms with van der Waals surface area (Å²) in [5.74, 6) is -0.138. The van der Waals surface area contributed by atoms with Gasteiger partial charge in [-0.1, -0.05) is 46.7 Å². The molecule has 0 fully saturated rings. The molecule has 3 aromatic rings. The fourth-order valence-electron chi connectivity index (χ4n) is 4.38. The molecule has 0 spiro atoms. The average Bonchev–Trinajstić information content (AvgIpc) is 3.42. The van der Waals surface area contributed by atoms with E-state index in [0.29, 0.717) is 25.3 Å². The van der Waals surface area contributed by atoms with E-state index in [1.807, 2.05) is 43.1 Å². The lowest BCUT2D eigenvalue weighted by Crippen LogP contribution is -2.37. The molecule has 0 aliphatic carbocycles. The summed E-state index contributed by atoms with van der Waals surface area (Å²) in [6, 6.07) is 10.3. The number of nitrogens with zero attached hydrogens (tertiary/aromatic N) is 3. The Morgan fingerprint density at radius 1 is 1.36 bits per heavy atom. The summed E-state index contributed by atoms with van der Waals surface area (Å²) in [6.45, 7) is 15.0. The highest BCUT2D eigenvalue weighted by Gasteiger charge is 2.34. The molecule has 3 atom stereocenters. The van der Waals surface area contributed by atoms with Gasteiger partial charge in [-0.05, 0) is 55.2 Å². The number of benzene rings is 1. The van der Waals surface area contributed by atoms with Crippen molar-refractivity contribution in [2.45, 2.75) is 45.2 Å². The molecule has 172 valence electrons. The van der Waals surface area contributed by atoms with Crippen LogP contribution in [0.2, 0.25) is 0 Å². The summed E-state index contributed by atoms with van der Waals surface area (Å²) in [6.07, 6.45) is 3.28. The van der Waals surface area contributed by atoms with Crippen LogP contribution < -0.4 is 0 Å². The van der Waals surface area contributed by atoms with Crippen LogP contribution in [0.5, 0.6) is 0 Å². The van der Waals surface area contributed by atoms with E-state index in [4.69, 9.17) is 0 Å². The number of thiophene rings is 1. The molecule has 2 unspecified atom stereocenters. The van der Waals surface area contributed by atoms with Crippen molar-refractivity contribution in [3.05, 3.63) is 82.3 Å². The molecule has 2 aromatic heterocycles. The van der Waals surface area contributed by atoms with Gasteiger partial charge in [-0.2, -0.15) is 5.10 Å². The van der Waals surface area contributed by atoms with Crippen LogP contribution in [0, 0.1) is 0 Å². The number of carbonyl (C=O) groups is 1. The Labute approximate surface area is 201 Å². The van der Waals surface area contributed by atoms with Crippen LogP contribution in [0.25, 0.3) is 16.7 Å². The average molecular weight is 482 g/mol. The predicted octanol–water partition coefficient (Wildman–Crippen LogP) is 6.34. The van der Waals surface area contributed by atoms with Gasteiger partial charge in [0.1, 0.15) is 5.69 Å². The molecule has 7 heteroatoms. The highest BCUT2D eigenvalue weighted by atomic mass is 32.1.